The Kier molecular flexibility index (Phi) is 4.51. The standard InChI is InChI=1S/C14H15F2N3O3S/c1-8(2)23(21,22)18-14(20)12-7-19(9(3)17-12)13-10(15)5-4-6-11(13)16/h4-8H,1-3H3,(H,18,20). The number of nitrogens with zero attached hydrogens (tertiary/aromatic N) is 2. The molecule has 124 valence electrons. The number of carbonyl (C=O) groups is 1. The van der Waals surface area contributed by atoms with E-state index in [1.54, 1.807) is 0 Å². The summed E-state index contributed by atoms with van der Waals surface area (Å²) in [7, 11) is -3.83. The van der Waals surface area contributed by atoms with E-state index in [0.717, 1.165) is 22.9 Å². The average molecular weight is 343 g/mol. The van der Waals surface area contributed by atoms with Gasteiger partial charge in [0.1, 0.15) is 28.8 Å². The van der Waals surface area contributed by atoms with Crippen molar-refractivity contribution in [2.24, 2.45) is 0 Å². The van der Waals surface area contributed by atoms with Crippen LogP contribution in [0.2, 0.25) is 0 Å². The first kappa shape index (κ1) is 17.1. The number of aromatic nitrogens is 2. The Bertz CT molecular complexity index is 840. The van der Waals surface area contributed by atoms with Gasteiger partial charge in [-0.1, -0.05) is 6.07 Å². The minimum absolute atomic E-state index is 0.140. The lowest BCUT2D eigenvalue weighted by atomic mass is 10.3. The van der Waals surface area contributed by atoms with Crippen molar-refractivity contribution < 1.29 is 22.0 Å². The predicted molar refractivity (Wildman–Crippen MR) is 79.7 cm³/mol. The summed E-state index contributed by atoms with van der Waals surface area (Å²) < 4.78 is 54.0. The number of nitrogens with one attached hydrogen (secondary N) is 1. The van der Waals surface area contributed by atoms with Crippen molar-refractivity contribution in [3.63, 3.8) is 0 Å². The molecule has 1 heterocycles. The van der Waals surface area contributed by atoms with Crippen molar-refractivity contribution in [1.82, 2.24) is 14.3 Å². The van der Waals surface area contributed by atoms with Crippen LogP contribution in [-0.4, -0.2) is 29.1 Å². The van der Waals surface area contributed by atoms with Gasteiger partial charge in [0, 0.05) is 6.20 Å². The molecule has 0 bridgehead atoms. The fourth-order valence-corrected chi connectivity index (χ4v) is 2.43. The molecule has 0 aliphatic carbocycles. The van der Waals surface area contributed by atoms with Gasteiger partial charge in [0.2, 0.25) is 10.0 Å². The normalized spacial score (nSPS) is 11.7. The lowest BCUT2D eigenvalue weighted by Crippen LogP contribution is -2.36. The summed E-state index contributed by atoms with van der Waals surface area (Å²) in [6, 6.07) is 3.35. The monoisotopic (exact) mass is 343 g/mol. The summed E-state index contributed by atoms with van der Waals surface area (Å²) in [5, 5.41) is -0.807. The van der Waals surface area contributed by atoms with Crippen molar-refractivity contribution in [3.05, 3.63) is 47.5 Å². The van der Waals surface area contributed by atoms with E-state index in [4.69, 9.17) is 0 Å². The predicted octanol–water partition coefficient (Wildman–Crippen LogP) is 1.93. The highest BCUT2D eigenvalue weighted by Gasteiger charge is 2.23. The Hall–Kier alpha value is -2.29. The number of rotatable bonds is 4. The molecule has 0 radical (unpaired) electrons. The maximum atomic E-state index is 13.8. The van der Waals surface area contributed by atoms with Crippen LogP contribution in [0.15, 0.2) is 24.4 Å². The highest BCUT2D eigenvalue weighted by atomic mass is 32.2. The van der Waals surface area contributed by atoms with E-state index in [1.165, 1.54) is 26.8 Å². The van der Waals surface area contributed by atoms with E-state index in [0.29, 0.717) is 0 Å². The molecule has 2 rings (SSSR count). The van der Waals surface area contributed by atoms with Crippen LogP contribution in [-0.2, 0) is 10.0 Å². The topological polar surface area (TPSA) is 81.1 Å². The number of imidazole rings is 1. The quantitative estimate of drug-likeness (QED) is 0.920. The van der Waals surface area contributed by atoms with Crippen LogP contribution in [0.3, 0.4) is 0 Å². The molecule has 1 N–H and O–H groups in total. The molecular weight excluding hydrogens is 328 g/mol. The van der Waals surface area contributed by atoms with Crippen LogP contribution in [0.4, 0.5) is 8.78 Å². The van der Waals surface area contributed by atoms with Crippen molar-refractivity contribution >= 4 is 15.9 Å². The molecule has 1 aromatic carbocycles. The average Bonchev–Trinajstić information content (AvgIpc) is 2.80. The van der Waals surface area contributed by atoms with E-state index >= 15 is 0 Å². The molecule has 0 saturated carbocycles. The molecule has 1 amide bonds. The number of hydrogen-bond donors (Lipinski definition) is 1. The van der Waals surface area contributed by atoms with E-state index in [9.17, 15) is 22.0 Å². The molecule has 23 heavy (non-hydrogen) atoms. The van der Waals surface area contributed by atoms with Crippen LogP contribution in [0.5, 0.6) is 0 Å². The van der Waals surface area contributed by atoms with Crippen LogP contribution in [0.25, 0.3) is 5.69 Å². The van der Waals surface area contributed by atoms with E-state index in [1.807, 2.05) is 4.72 Å². The molecule has 0 saturated heterocycles. The third-order valence-electron chi connectivity index (χ3n) is 3.15. The fraction of sp³-hybridized carbons (Fsp3) is 0.286. The molecule has 9 heteroatoms. The van der Waals surface area contributed by atoms with Gasteiger partial charge in [0.15, 0.2) is 0 Å². The largest absolute Gasteiger partial charge is 0.298 e. The third-order valence-corrected chi connectivity index (χ3v) is 4.86. The van der Waals surface area contributed by atoms with Crippen LogP contribution in [0, 0.1) is 18.6 Å². The first-order chi connectivity index (χ1) is 10.6. The molecule has 0 unspecified atom stereocenters. The van der Waals surface area contributed by atoms with Gasteiger partial charge in [-0.25, -0.2) is 26.9 Å². The van der Waals surface area contributed by atoms with Gasteiger partial charge < -0.3 is 0 Å². The number of para-hydroxylation sites is 1. The zero-order valence-corrected chi connectivity index (χ0v) is 13.5. The second kappa shape index (κ2) is 6.07. The number of benzene rings is 1. The molecule has 2 aromatic rings. The lowest BCUT2D eigenvalue weighted by Gasteiger charge is -2.08. The van der Waals surface area contributed by atoms with Crippen LogP contribution in [0.1, 0.15) is 30.2 Å². The summed E-state index contributed by atoms with van der Waals surface area (Å²) in [4.78, 5) is 15.8. The minimum atomic E-state index is -3.83. The summed E-state index contributed by atoms with van der Waals surface area (Å²) in [5.41, 5.74) is -0.641. The Morgan fingerprint density at radius 1 is 1.26 bits per heavy atom. The molecule has 1 aromatic heterocycles. The number of hydrogen-bond acceptors (Lipinski definition) is 4. The molecule has 0 aliphatic rings. The van der Waals surface area contributed by atoms with Gasteiger partial charge in [0.05, 0.1) is 5.25 Å². The van der Waals surface area contributed by atoms with Gasteiger partial charge in [-0.2, -0.15) is 0 Å². The van der Waals surface area contributed by atoms with Gasteiger partial charge >= 0.3 is 0 Å². The zero-order valence-electron chi connectivity index (χ0n) is 12.7. The van der Waals surface area contributed by atoms with E-state index in [-0.39, 0.29) is 17.2 Å². The number of aryl methyl sites for hydroxylation is 1. The summed E-state index contributed by atoms with van der Waals surface area (Å²) >= 11 is 0. The Balaban J connectivity index is 2.41. The summed E-state index contributed by atoms with van der Waals surface area (Å²) in [5.74, 6) is -2.47. The first-order valence-corrected chi connectivity index (χ1v) is 8.24. The third kappa shape index (κ3) is 3.39. The highest BCUT2D eigenvalue weighted by molar-refractivity contribution is 7.90. The first-order valence-electron chi connectivity index (χ1n) is 6.70. The highest BCUT2D eigenvalue weighted by Crippen LogP contribution is 2.20. The molecule has 0 fully saturated rings. The SMILES string of the molecule is Cc1nc(C(=O)NS(=O)(=O)C(C)C)cn1-c1c(F)cccc1F. The zero-order chi connectivity index (χ0) is 17.4. The van der Waals surface area contributed by atoms with Gasteiger partial charge in [0.25, 0.3) is 5.91 Å². The van der Waals surface area contributed by atoms with Crippen molar-refractivity contribution in [2.75, 3.05) is 0 Å². The van der Waals surface area contributed by atoms with Crippen molar-refractivity contribution in [3.8, 4) is 5.69 Å². The van der Waals surface area contributed by atoms with Crippen LogP contribution < -0.4 is 4.72 Å². The smallest absolute Gasteiger partial charge is 0.284 e. The Labute approximate surface area is 132 Å². The van der Waals surface area contributed by atoms with Gasteiger partial charge in [-0.05, 0) is 32.9 Å². The van der Waals surface area contributed by atoms with Crippen molar-refractivity contribution in [2.45, 2.75) is 26.0 Å². The Morgan fingerprint density at radius 3 is 2.35 bits per heavy atom. The van der Waals surface area contributed by atoms with Crippen molar-refractivity contribution in [1.29, 1.82) is 0 Å². The van der Waals surface area contributed by atoms with E-state index in [2.05, 4.69) is 4.98 Å². The molecule has 0 aliphatic heterocycles. The van der Waals surface area contributed by atoms with Gasteiger partial charge in [-0.3, -0.25) is 9.36 Å². The summed E-state index contributed by atoms with van der Waals surface area (Å²) in [6.45, 7) is 4.27. The molecular formula is C14H15F2N3O3S. The minimum Gasteiger partial charge on any atom is -0.298 e. The second-order valence-corrected chi connectivity index (χ2v) is 7.38. The van der Waals surface area contributed by atoms with Crippen LogP contribution >= 0.6 is 0 Å². The lowest BCUT2D eigenvalue weighted by molar-refractivity contribution is 0.0976. The second-order valence-electron chi connectivity index (χ2n) is 5.14. The summed E-state index contributed by atoms with van der Waals surface area (Å²) in [6.07, 6.45) is 1.09. The molecule has 6 nitrogen and oxygen atoms in total. The molecule has 0 atom stereocenters. The number of sulfonamides is 1. The number of halogens is 2. The number of amides is 1. The maximum Gasteiger partial charge on any atom is 0.284 e. The Morgan fingerprint density at radius 2 is 1.83 bits per heavy atom. The number of carbonyl (C=O) groups excluding carboxylic acids is 1. The van der Waals surface area contributed by atoms with E-state index < -0.39 is 32.8 Å². The fourth-order valence-electron chi connectivity index (χ4n) is 1.83. The molecule has 0 spiro atoms. The maximum absolute atomic E-state index is 13.8. The van der Waals surface area contributed by atoms with Gasteiger partial charge in [-0.15, -0.1) is 0 Å².